The number of nitrogens with zero attached hydrogens (tertiary/aromatic N) is 2. The van der Waals surface area contributed by atoms with Crippen LogP contribution in [-0.2, 0) is 16.1 Å². The molecule has 4 nitrogen and oxygen atoms in total. The maximum atomic E-state index is 6.14. The predicted molar refractivity (Wildman–Crippen MR) is 97.3 cm³/mol. The molecule has 0 aliphatic carbocycles. The first-order chi connectivity index (χ1) is 11.7. The minimum atomic E-state index is 0.391. The Morgan fingerprint density at radius 2 is 2.17 bits per heavy atom. The van der Waals surface area contributed by atoms with E-state index < -0.39 is 0 Å². The Balaban J connectivity index is 1.20. The van der Waals surface area contributed by atoms with Crippen molar-refractivity contribution in [3.05, 3.63) is 29.6 Å². The predicted octanol–water partition coefficient (Wildman–Crippen LogP) is 2.89. The molecule has 5 heteroatoms. The largest absolute Gasteiger partial charge is 0.381 e. The number of rotatable bonds is 5. The van der Waals surface area contributed by atoms with Gasteiger partial charge >= 0.3 is 0 Å². The number of pyridine rings is 1. The van der Waals surface area contributed by atoms with Gasteiger partial charge in [0.2, 0.25) is 0 Å². The van der Waals surface area contributed by atoms with Gasteiger partial charge in [0.05, 0.1) is 18.4 Å². The van der Waals surface area contributed by atoms with Crippen LogP contribution in [0.15, 0.2) is 18.2 Å². The molecule has 3 fully saturated rings. The Kier molecular flexibility index (Phi) is 5.13. The third kappa shape index (κ3) is 3.96. The average Bonchev–Trinajstić information content (AvgIpc) is 2.98. The highest BCUT2D eigenvalue weighted by Gasteiger charge is 2.49. The van der Waals surface area contributed by atoms with Gasteiger partial charge in [-0.05, 0) is 44.2 Å². The van der Waals surface area contributed by atoms with Crippen LogP contribution in [0.4, 0.5) is 0 Å². The molecule has 4 rings (SSSR count). The molecular weight excluding hydrogens is 320 g/mol. The van der Waals surface area contributed by atoms with Crippen LogP contribution in [0.3, 0.4) is 0 Å². The number of hydrogen-bond acceptors (Lipinski definition) is 5. The molecule has 3 aliphatic heterocycles. The summed E-state index contributed by atoms with van der Waals surface area (Å²) >= 11 is 2.13. The molecule has 0 unspecified atom stereocenters. The van der Waals surface area contributed by atoms with Crippen molar-refractivity contribution in [1.29, 1.82) is 0 Å². The lowest BCUT2D eigenvalue weighted by Crippen LogP contribution is -2.59. The second-order valence-electron chi connectivity index (χ2n) is 7.63. The molecule has 1 atom stereocenters. The maximum Gasteiger partial charge on any atom is 0.0892 e. The summed E-state index contributed by atoms with van der Waals surface area (Å²) in [7, 11) is 0. The zero-order valence-corrected chi connectivity index (χ0v) is 15.4. The van der Waals surface area contributed by atoms with Crippen molar-refractivity contribution in [1.82, 2.24) is 9.88 Å². The van der Waals surface area contributed by atoms with E-state index in [1.54, 1.807) is 0 Å². The van der Waals surface area contributed by atoms with E-state index in [1.165, 1.54) is 38.9 Å². The fourth-order valence-electron chi connectivity index (χ4n) is 4.20. The molecule has 3 saturated heterocycles. The van der Waals surface area contributed by atoms with Crippen molar-refractivity contribution in [3.8, 4) is 0 Å². The minimum Gasteiger partial charge on any atom is -0.381 e. The summed E-state index contributed by atoms with van der Waals surface area (Å²) < 4.78 is 12.1. The number of ether oxygens (including phenoxy) is 2. The lowest BCUT2D eigenvalue weighted by molar-refractivity contribution is 0.0103. The number of aryl methyl sites for hydroxylation is 1. The third-order valence-corrected chi connectivity index (χ3v) is 7.04. The lowest BCUT2D eigenvalue weighted by atomic mass is 9.90. The summed E-state index contributed by atoms with van der Waals surface area (Å²) in [4.78, 5) is 7.18. The van der Waals surface area contributed by atoms with Crippen molar-refractivity contribution < 1.29 is 9.47 Å². The van der Waals surface area contributed by atoms with E-state index in [0.29, 0.717) is 17.5 Å². The van der Waals surface area contributed by atoms with Crippen molar-refractivity contribution in [3.63, 3.8) is 0 Å². The van der Waals surface area contributed by atoms with Gasteiger partial charge < -0.3 is 14.4 Å². The second-order valence-corrected chi connectivity index (χ2v) is 9.11. The van der Waals surface area contributed by atoms with E-state index in [1.807, 2.05) is 13.0 Å². The summed E-state index contributed by atoms with van der Waals surface area (Å²) in [5.41, 5.74) is 2.12. The van der Waals surface area contributed by atoms with Gasteiger partial charge in [0, 0.05) is 49.0 Å². The summed E-state index contributed by atoms with van der Waals surface area (Å²) in [6, 6.07) is 6.15. The van der Waals surface area contributed by atoms with Crippen molar-refractivity contribution in [2.24, 2.45) is 5.92 Å². The molecule has 0 N–H and O–H groups in total. The van der Waals surface area contributed by atoms with Crippen LogP contribution in [0.1, 0.15) is 30.7 Å². The van der Waals surface area contributed by atoms with Crippen LogP contribution in [0.2, 0.25) is 0 Å². The molecular formula is C19H28N2O2S. The van der Waals surface area contributed by atoms with Gasteiger partial charge in [0.1, 0.15) is 0 Å². The fourth-order valence-corrected chi connectivity index (χ4v) is 5.81. The first-order valence-electron chi connectivity index (χ1n) is 9.19. The van der Waals surface area contributed by atoms with Gasteiger partial charge in [-0.15, -0.1) is 11.8 Å². The molecule has 24 heavy (non-hydrogen) atoms. The van der Waals surface area contributed by atoms with Crippen molar-refractivity contribution >= 4 is 11.8 Å². The van der Waals surface area contributed by atoms with Crippen LogP contribution in [-0.4, -0.2) is 59.3 Å². The molecule has 0 amide bonds. The smallest absolute Gasteiger partial charge is 0.0892 e. The van der Waals surface area contributed by atoms with E-state index in [2.05, 4.69) is 33.8 Å². The summed E-state index contributed by atoms with van der Waals surface area (Å²) in [6.07, 6.45) is 4.08. The Morgan fingerprint density at radius 3 is 2.96 bits per heavy atom. The Morgan fingerprint density at radius 1 is 1.33 bits per heavy atom. The van der Waals surface area contributed by atoms with Crippen molar-refractivity contribution in [2.45, 2.75) is 43.6 Å². The normalized spacial score (nSPS) is 27.5. The first-order valence-corrected chi connectivity index (χ1v) is 10.2. The van der Waals surface area contributed by atoms with Gasteiger partial charge in [-0.1, -0.05) is 6.07 Å². The molecule has 132 valence electrons. The highest BCUT2D eigenvalue weighted by Crippen LogP contribution is 2.46. The van der Waals surface area contributed by atoms with Crippen LogP contribution in [0.25, 0.3) is 0 Å². The van der Waals surface area contributed by atoms with E-state index in [0.717, 1.165) is 36.3 Å². The monoisotopic (exact) mass is 348 g/mol. The Labute approximate surface area is 149 Å². The summed E-state index contributed by atoms with van der Waals surface area (Å²) in [5.74, 6) is 1.98. The van der Waals surface area contributed by atoms with Crippen LogP contribution < -0.4 is 0 Å². The van der Waals surface area contributed by atoms with E-state index in [9.17, 15) is 0 Å². The number of likely N-dealkylation sites (tertiary alicyclic amines) is 1. The fraction of sp³-hybridized carbons (Fsp3) is 0.737. The third-order valence-electron chi connectivity index (χ3n) is 5.47. The van der Waals surface area contributed by atoms with Crippen LogP contribution in [0, 0.1) is 12.8 Å². The molecule has 0 aromatic carbocycles. The molecule has 0 saturated carbocycles. The lowest BCUT2D eigenvalue weighted by Gasteiger charge is -2.49. The molecule has 1 spiro atoms. The first kappa shape index (κ1) is 16.8. The van der Waals surface area contributed by atoms with E-state index in [4.69, 9.17) is 9.47 Å². The number of hydrogen-bond donors (Lipinski definition) is 0. The molecule has 1 aromatic rings. The topological polar surface area (TPSA) is 34.6 Å². The number of thioether (sulfide) groups is 1. The summed E-state index contributed by atoms with van der Waals surface area (Å²) in [5, 5.41) is 0. The second kappa shape index (κ2) is 7.32. The number of aromatic nitrogens is 1. The van der Waals surface area contributed by atoms with Gasteiger partial charge in [0.15, 0.2) is 0 Å². The van der Waals surface area contributed by atoms with Crippen LogP contribution >= 0.6 is 11.8 Å². The highest BCUT2D eigenvalue weighted by molar-refractivity contribution is 8.01. The maximum absolute atomic E-state index is 6.14. The highest BCUT2D eigenvalue weighted by atomic mass is 32.2. The van der Waals surface area contributed by atoms with Gasteiger partial charge in [-0.25, -0.2) is 0 Å². The van der Waals surface area contributed by atoms with E-state index >= 15 is 0 Å². The quantitative estimate of drug-likeness (QED) is 0.817. The van der Waals surface area contributed by atoms with Gasteiger partial charge in [-0.3, -0.25) is 4.98 Å². The molecule has 3 aliphatic rings. The molecule has 0 bridgehead atoms. The van der Waals surface area contributed by atoms with E-state index in [-0.39, 0.29) is 0 Å². The van der Waals surface area contributed by atoms with Gasteiger partial charge in [-0.2, -0.15) is 0 Å². The minimum absolute atomic E-state index is 0.391. The average molecular weight is 349 g/mol. The zero-order chi connectivity index (χ0) is 16.4. The SMILES string of the molecule is Cc1cccc(CO[C@@H]2CSC3(C2)CN(CC2CCOCC2)C3)n1. The molecule has 0 radical (unpaired) electrons. The molecule has 1 aromatic heterocycles. The van der Waals surface area contributed by atoms with Gasteiger partial charge in [0.25, 0.3) is 0 Å². The summed E-state index contributed by atoms with van der Waals surface area (Å²) in [6.45, 7) is 8.36. The Hall–Kier alpha value is -0.620. The zero-order valence-electron chi connectivity index (χ0n) is 14.6. The molecule has 4 heterocycles. The van der Waals surface area contributed by atoms with Crippen LogP contribution in [0.5, 0.6) is 0 Å². The van der Waals surface area contributed by atoms with Crippen molar-refractivity contribution in [2.75, 3.05) is 38.6 Å². The standard InChI is InChI=1S/C19H28N2O2S/c1-15-3-2-4-17(20-15)11-23-18-9-19(24-12-18)13-21(14-19)10-16-5-7-22-8-6-16/h2-4,16,18H,5-14H2,1H3/t18-/m0/s1. The Bertz CT molecular complexity index is 556.